The molecular formula is C30H38O3Si. The number of hydrogen-bond acceptors (Lipinski definition) is 3. The van der Waals surface area contributed by atoms with Crippen LogP contribution in [0.4, 0.5) is 0 Å². The number of hydrogen-bond donors (Lipinski definition) is 0. The summed E-state index contributed by atoms with van der Waals surface area (Å²) in [6.45, 7) is 10.2. The molecule has 0 amide bonds. The molecule has 0 aromatic heterocycles. The molecule has 0 radical (unpaired) electrons. The lowest BCUT2D eigenvalue weighted by atomic mass is 9.90. The van der Waals surface area contributed by atoms with Crippen LogP contribution in [0.1, 0.15) is 39.7 Å². The van der Waals surface area contributed by atoms with E-state index >= 15 is 0 Å². The molecule has 0 aliphatic carbocycles. The van der Waals surface area contributed by atoms with Crippen molar-refractivity contribution in [3.63, 3.8) is 0 Å². The Morgan fingerprint density at radius 3 is 1.85 bits per heavy atom. The second kappa shape index (κ2) is 11.5. The van der Waals surface area contributed by atoms with Crippen LogP contribution >= 0.6 is 0 Å². The van der Waals surface area contributed by atoms with Gasteiger partial charge in [0, 0.05) is 13.0 Å². The van der Waals surface area contributed by atoms with Crippen LogP contribution in [0.25, 0.3) is 0 Å². The molecule has 0 bridgehead atoms. The minimum Gasteiger partial charge on any atom is -0.383 e. The molecule has 3 nitrogen and oxygen atoms in total. The van der Waals surface area contributed by atoms with E-state index in [1.165, 1.54) is 15.9 Å². The molecule has 0 spiro atoms. The first-order chi connectivity index (χ1) is 16.6. The third-order valence-electron chi connectivity index (χ3n) is 7.14. The van der Waals surface area contributed by atoms with Crippen LogP contribution in [0.5, 0.6) is 0 Å². The molecule has 3 aromatic carbocycles. The highest BCUT2D eigenvalue weighted by Crippen LogP contribution is 2.45. The van der Waals surface area contributed by atoms with E-state index < -0.39 is 8.32 Å². The predicted octanol–water partition coefficient (Wildman–Crippen LogP) is 5.78. The Hall–Kier alpha value is -2.24. The van der Waals surface area contributed by atoms with Gasteiger partial charge >= 0.3 is 0 Å². The molecule has 180 valence electrons. The summed E-state index contributed by atoms with van der Waals surface area (Å²) in [4.78, 5) is 0. The first-order valence-corrected chi connectivity index (χ1v) is 14.6. The second-order valence-corrected chi connectivity index (χ2v) is 13.3. The predicted molar refractivity (Wildman–Crippen MR) is 142 cm³/mol. The Kier molecular flexibility index (Phi) is 8.38. The quantitative estimate of drug-likeness (QED) is 0.349. The van der Waals surface area contributed by atoms with Crippen molar-refractivity contribution in [2.45, 2.75) is 58.7 Å². The Labute approximate surface area is 206 Å². The maximum absolute atomic E-state index is 7.05. The van der Waals surface area contributed by atoms with Gasteiger partial charge in [0.1, 0.15) is 6.29 Å². The lowest BCUT2D eigenvalue weighted by Crippen LogP contribution is -2.63. The number of rotatable bonds is 10. The minimum absolute atomic E-state index is 0.119. The third-order valence-corrected chi connectivity index (χ3v) is 12.0. The second-order valence-electron chi connectivity index (χ2n) is 9.68. The van der Waals surface area contributed by atoms with Crippen LogP contribution < -0.4 is 10.4 Å². The van der Waals surface area contributed by atoms with Crippen molar-refractivity contribution in [2.75, 3.05) is 6.61 Å². The summed E-state index contributed by atoms with van der Waals surface area (Å²) in [7, 11) is -2.60. The van der Waals surface area contributed by atoms with E-state index in [2.05, 4.69) is 112 Å². The average Bonchev–Trinajstić information content (AvgIpc) is 3.26. The van der Waals surface area contributed by atoms with Gasteiger partial charge in [0.25, 0.3) is 8.32 Å². The molecule has 4 atom stereocenters. The van der Waals surface area contributed by atoms with E-state index in [1.54, 1.807) is 0 Å². The van der Waals surface area contributed by atoms with E-state index in [-0.39, 0.29) is 12.4 Å². The SMILES string of the molecule is CCOC1C[C@H]([C@H](C)[C@H](OCc2ccccc2)C(C)C)[Si](c2ccccc2)(c2ccccc2)O1. The smallest absolute Gasteiger partial charge is 0.262 e. The van der Waals surface area contributed by atoms with Gasteiger partial charge in [-0.2, -0.15) is 0 Å². The van der Waals surface area contributed by atoms with Gasteiger partial charge < -0.3 is 13.9 Å². The molecule has 1 aliphatic heterocycles. The van der Waals surface area contributed by atoms with Gasteiger partial charge in [0.05, 0.1) is 12.7 Å². The van der Waals surface area contributed by atoms with Crippen molar-refractivity contribution in [3.05, 3.63) is 96.6 Å². The highest BCUT2D eigenvalue weighted by atomic mass is 28.4. The molecule has 4 heteroatoms. The normalized spacial score (nSPS) is 21.4. The summed E-state index contributed by atoms with van der Waals surface area (Å²) < 4.78 is 19.8. The molecule has 1 unspecified atom stereocenters. The molecule has 0 saturated carbocycles. The average molecular weight is 475 g/mol. The zero-order chi connectivity index (χ0) is 24.0. The van der Waals surface area contributed by atoms with Crippen molar-refractivity contribution in [3.8, 4) is 0 Å². The summed E-state index contributed by atoms with van der Waals surface area (Å²) in [5.41, 5.74) is 1.54. The Morgan fingerprint density at radius 1 is 0.824 bits per heavy atom. The standard InChI is InChI=1S/C30H38O3Si/c1-5-31-29-21-28(24(4)30(23(2)3)32-22-25-15-9-6-10-16-25)34(33-29,26-17-11-7-12-18-26)27-19-13-8-14-20-27/h6-20,23-24,28-30H,5,21-22H2,1-4H3/t24-,28+,29?,30+/m0/s1. The van der Waals surface area contributed by atoms with Crippen LogP contribution in [-0.4, -0.2) is 27.3 Å². The van der Waals surface area contributed by atoms with Gasteiger partial charge in [0.15, 0.2) is 0 Å². The van der Waals surface area contributed by atoms with Crippen LogP contribution in [-0.2, 0) is 20.5 Å². The first kappa shape index (κ1) is 24.9. The maximum atomic E-state index is 7.05. The van der Waals surface area contributed by atoms with Gasteiger partial charge in [-0.05, 0) is 40.2 Å². The summed E-state index contributed by atoms with van der Waals surface area (Å²) in [5, 5.41) is 2.62. The van der Waals surface area contributed by atoms with E-state index in [0.717, 1.165) is 6.42 Å². The first-order valence-electron chi connectivity index (χ1n) is 12.6. The fraction of sp³-hybridized carbons (Fsp3) is 0.400. The molecule has 3 aromatic rings. The summed E-state index contributed by atoms with van der Waals surface area (Å²) in [5.74, 6) is 0.698. The van der Waals surface area contributed by atoms with Crippen LogP contribution in [0.3, 0.4) is 0 Å². The Balaban J connectivity index is 1.73. The van der Waals surface area contributed by atoms with E-state index in [0.29, 0.717) is 30.6 Å². The zero-order valence-corrected chi connectivity index (χ0v) is 21.9. The van der Waals surface area contributed by atoms with E-state index in [9.17, 15) is 0 Å². The molecule has 0 N–H and O–H groups in total. The fourth-order valence-corrected chi connectivity index (χ4v) is 10.7. The largest absolute Gasteiger partial charge is 0.383 e. The maximum Gasteiger partial charge on any atom is 0.262 e. The molecule has 1 heterocycles. The Bertz CT molecular complexity index is 954. The van der Waals surface area contributed by atoms with Crippen molar-refractivity contribution in [1.82, 2.24) is 0 Å². The van der Waals surface area contributed by atoms with Crippen molar-refractivity contribution >= 4 is 18.7 Å². The summed E-state index contributed by atoms with van der Waals surface area (Å²) >= 11 is 0. The van der Waals surface area contributed by atoms with Gasteiger partial charge in [-0.25, -0.2) is 0 Å². The van der Waals surface area contributed by atoms with Gasteiger partial charge in [-0.1, -0.05) is 112 Å². The number of ether oxygens (including phenoxy) is 2. The molecular weight excluding hydrogens is 436 g/mol. The van der Waals surface area contributed by atoms with Crippen molar-refractivity contribution in [1.29, 1.82) is 0 Å². The van der Waals surface area contributed by atoms with Crippen LogP contribution in [0.2, 0.25) is 5.54 Å². The van der Waals surface area contributed by atoms with Crippen molar-refractivity contribution in [2.24, 2.45) is 11.8 Å². The zero-order valence-electron chi connectivity index (χ0n) is 20.9. The fourth-order valence-electron chi connectivity index (χ4n) is 5.64. The molecule has 4 rings (SSSR count). The lowest BCUT2D eigenvalue weighted by molar-refractivity contribution is -0.0696. The monoisotopic (exact) mass is 474 g/mol. The van der Waals surface area contributed by atoms with E-state index in [4.69, 9.17) is 13.9 Å². The van der Waals surface area contributed by atoms with Crippen LogP contribution in [0, 0.1) is 11.8 Å². The van der Waals surface area contributed by atoms with E-state index in [1.807, 2.05) is 6.92 Å². The van der Waals surface area contributed by atoms with Crippen LogP contribution in [0.15, 0.2) is 91.0 Å². The highest BCUT2D eigenvalue weighted by molar-refractivity contribution is 6.99. The van der Waals surface area contributed by atoms with Crippen molar-refractivity contribution < 1.29 is 13.9 Å². The molecule has 1 aliphatic rings. The summed E-state index contributed by atoms with van der Waals surface area (Å²) in [6, 6.07) is 32.2. The number of benzene rings is 3. The molecule has 1 fully saturated rings. The van der Waals surface area contributed by atoms with Gasteiger partial charge in [-0.15, -0.1) is 0 Å². The summed E-state index contributed by atoms with van der Waals surface area (Å²) in [6.07, 6.45) is 0.822. The minimum atomic E-state index is -2.60. The highest BCUT2D eigenvalue weighted by Gasteiger charge is 2.57. The molecule has 34 heavy (non-hydrogen) atoms. The lowest BCUT2D eigenvalue weighted by Gasteiger charge is -2.39. The molecule has 1 saturated heterocycles. The topological polar surface area (TPSA) is 27.7 Å². The third kappa shape index (κ3) is 5.21. The Morgan fingerprint density at radius 2 is 1.35 bits per heavy atom. The van der Waals surface area contributed by atoms with Gasteiger partial charge in [0.2, 0.25) is 0 Å². The van der Waals surface area contributed by atoms with Gasteiger partial charge in [-0.3, -0.25) is 0 Å².